The Labute approximate surface area is 306 Å². The van der Waals surface area contributed by atoms with Crippen LogP contribution in [0.1, 0.15) is 202 Å². The third-order valence-corrected chi connectivity index (χ3v) is 14.9. The molecule has 0 spiro atoms. The molecule has 0 aromatic rings. The number of nitrogens with two attached hydrogens (primary N) is 1. The van der Waals surface area contributed by atoms with Crippen molar-refractivity contribution < 1.29 is 9.47 Å². The summed E-state index contributed by atoms with van der Waals surface area (Å²) in [5.74, 6) is 5.39. The van der Waals surface area contributed by atoms with Crippen molar-refractivity contribution in [2.45, 2.75) is 214 Å². The predicted molar refractivity (Wildman–Crippen MR) is 212 cm³/mol. The highest BCUT2D eigenvalue weighted by atomic mass is 16.5. The van der Waals surface area contributed by atoms with Gasteiger partial charge < -0.3 is 15.2 Å². The van der Waals surface area contributed by atoms with Gasteiger partial charge in [-0.2, -0.15) is 0 Å². The van der Waals surface area contributed by atoms with Crippen LogP contribution < -0.4 is 5.73 Å². The number of fused-ring (bicyclic) bond motifs is 5. The second kappa shape index (κ2) is 21.4. The summed E-state index contributed by atoms with van der Waals surface area (Å²) in [6.07, 6.45) is 37.6. The lowest BCUT2D eigenvalue weighted by atomic mass is 9.47. The Morgan fingerprint density at radius 2 is 1.41 bits per heavy atom. The largest absolute Gasteiger partial charge is 0.379 e. The Bertz CT molecular complexity index is 930. The summed E-state index contributed by atoms with van der Waals surface area (Å²) in [6, 6.07) is 0. The zero-order valence-electron chi connectivity index (χ0n) is 33.9. The molecular weight excluding hydrogens is 599 g/mol. The van der Waals surface area contributed by atoms with Crippen LogP contribution in [0.4, 0.5) is 0 Å². The molecule has 0 heterocycles. The first kappa shape index (κ1) is 41.4. The lowest BCUT2D eigenvalue weighted by Crippen LogP contribution is -2.51. The Kier molecular flexibility index (Phi) is 18.0. The molecule has 0 aromatic carbocycles. The molecule has 49 heavy (non-hydrogen) atoms. The average molecular weight is 684 g/mol. The fourth-order valence-corrected chi connectivity index (χ4v) is 11.8. The molecule has 0 amide bonds. The summed E-state index contributed by atoms with van der Waals surface area (Å²) in [4.78, 5) is 0. The van der Waals surface area contributed by atoms with E-state index in [1.54, 1.807) is 5.57 Å². The van der Waals surface area contributed by atoms with Crippen LogP contribution in [0.25, 0.3) is 0 Å². The van der Waals surface area contributed by atoms with Gasteiger partial charge >= 0.3 is 0 Å². The van der Waals surface area contributed by atoms with Crippen molar-refractivity contribution in [3.8, 4) is 0 Å². The van der Waals surface area contributed by atoms with Gasteiger partial charge in [0.05, 0.1) is 18.8 Å². The second-order valence-corrected chi connectivity index (χ2v) is 18.8. The molecule has 0 bridgehead atoms. The fourth-order valence-electron chi connectivity index (χ4n) is 11.8. The van der Waals surface area contributed by atoms with Crippen molar-refractivity contribution in [2.24, 2.45) is 52.1 Å². The monoisotopic (exact) mass is 684 g/mol. The van der Waals surface area contributed by atoms with E-state index in [9.17, 15) is 0 Å². The van der Waals surface area contributed by atoms with Gasteiger partial charge in [0.2, 0.25) is 0 Å². The van der Waals surface area contributed by atoms with E-state index in [1.165, 1.54) is 154 Å². The molecule has 4 aliphatic carbocycles. The van der Waals surface area contributed by atoms with E-state index in [0.717, 1.165) is 48.5 Å². The normalized spacial score (nSPS) is 32.4. The van der Waals surface area contributed by atoms with Crippen molar-refractivity contribution in [3.05, 3.63) is 11.6 Å². The minimum absolute atomic E-state index is 0.0336. The highest BCUT2D eigenvalue weighted by Crippen LogP contribution is 2.67. The molecular formula is C46H85NO2. The van der Waals surface area contributed by atoms with Gasteiger partial charge in [0.1, 0.15) is 0 Å². The van der Waals surface area contributed by atoms with E-state index in [-0.39, 0.29) is 6.10 Å². The summed E-state index contributed by atoms with van der Waals surface area (Å²) < 4.78 is 12.8. The van der Waals surface area contributed by atoms with Gasteiger partial charge in [0.15, 0.2) is 0 Å². The summed E-state index contributed by atoms with van der Waals surface area (Å²) in [6.45, 7) is 17.1. The third kappa shape index (κ3) is 11.8. The molecule has 0 saturated heterocycles. The topological polar surface area (TPSA) is 44.5 Å². The standard InChI is InChI=1S/C46H85NO2/c1-7-8-9-10-11-12-13-14-15-16-17-18-19-20-32-48-35-40(34-47)49-39-28-30-45(5)38(33-39)24-25-41-43-27-26-42(37(4)23-21-22-36(2)3)46(43,6)31-29-44(41)45/h24,36-37,39-44H,7-23,25-35,47H2,1-6H3/t37-,39+,40?,41+,42-,43+,44+,45+,46-/m1/s1. The Morgan fingerprint density at radius 3 is 2.04 bits per heavy atom. The Morgan fingerprint density at radius 1 is 0.755 bits per heavy atom. The molecule has 3 fully saturated rings. The van der Waals surface area contributed by atoms with Crippen LogP contribution in [0.15, 0.2) is 11.6 Å². The number of rotatable bonds is 25. The second-order valence-electron chi connectivity index (χ2n) is 18.8. The van der Waals surface area contributed by atoms with Crippen LogP contribution in [0.5, 0.6) is 0 Å². The maximum Gasteiger partial charge on any atom is 0.0934 e. The highest BCUT2D eigenvalue weighted by molar-refractivity contribution is 5.25. The van der Waals surface area contributed by atoms with Crippen LogP contribution >= 0.6 is 0 Å². The van der Waals surface area contributed by atoms with E-state index in [1.807, 2.05) is 0 Å². The molecule has 0 aromatic heterocycles. The molecule has 4 aliphatic rings. The molecule has 0 aliphatic heterocycles. The van der Waals surface area contributed by atoms with Gasteiger partial charge in [-0.25, -0.2) is 0 Å². The Balaban J connectivity index is 1.11. The van der Waals surface area contributed by atoms with Crippen molar-refractivity contribution in [1.29, 1.82) is 0 Å². The summed E-state index contributed by atoms with van der Waals surface area (Å²) in [7, 11) is 0. The van der Waals surface area contributed by atoms with Crippen LogP contribution in [0.2, 0.25) is 0 Å². The molecule has 3 heteroatoms. The van der Waals surface area contributed by atoms with Crippen molar-refractivity contribution in [3.63, 3.8) is 0 Å². The van der Waals surface area contributed by atoms with Gasteiger partial charge in [0, 0.05) is 13.2 Å². The maximum atomic E-state index is 6.68. The van der Waals surface area contributed by atoms with Crippen LogP contribution in [-0.2, 0) is 9.47 Å². The highest BCUT2D eigenvalue weighted by Gasteiger charge is 2.59. The summed E-state index contributed by atoms with van der Waals surface area (Å²) >= 11 is 0. The lowest BCUT2D eigenvalue weighted by Gasteiger charge is -2.58. The van der Waals surface area contributed by atoms with Crippen LogP contribution in [0, 0.1) is 46.3 Å². The van der Waals surface area contributed by atoms with Crippen molar-refractivity contribution in [2.75, 3.05) is 19.8 Å². The SMILES string of the molecule is CCCCCCCCCCCCCCCCOCC(CN)O[C@H]1CC[C@@]2(C)C(=CC[C@H]3[C@@H]4CC[C@H]([C@H](C)CCCC(C)C)[C@@]4(C)CC[C@@H]32)C1. The zero-order chi connectivity index (χ0) is 35.1. The van der Waals surface area contributed by atoms with Gasteiger partial charge in [0.25, 0.3) is 0 Å². The number of unbranched alkanes of at least 4 members (excludes halogenated alkanes) is 13. The van der Waals surface area contributed by atoms with Crippen molar-refractivity contribution >= 4 is 0 Å². The first-order chi connectivity index (χ1) is 23.7. The Hall–Kier alpha value is -0.380. The molecule has 286 valence electrons. The molecule has 2 N–H and O–H groups in total. The quantitative estimate of drug-likeness (QED) is 0.0769. The first-order valence-corrected chi connectivity index (χ1v) is 22.4. The first-order valence-electron chi connectivity index (χ1n) is 22.4. The lowest BCUT2D eigenvalue weighted by molar-refractivity contribution is -0.0876. The minimum atomic E-state index is 0.0336. The van der Waals surface area contributed by atoms with E-state index in [2.05, 4.69) is 47.6 Å². The van der Waals surface area contributed by atoms with Crippen LogP contribution in [-0.4, -0.2) is 32.0 Å². The number of allylic oxidation sites excluding steroid dienone is 1. The number of hydrogen-bond acceptors (Lipinski definition) is 3. The maximum absolute atomic E-state index is 6.68. The average Bonchev–Trinajstić information content (AvgIpc) is 3.44. The summed E-state index contributed by atoms with van der Waals surface area (Å²) in [5.41, 5.74) is 8.90. The smallest absolute Gasteiger partial charge is 0.0934 e. The van der Waals surface area contributed by atoms with Crippen LogP contribution in [0.3, 0.4) is 0 Å². The summed E-state index contributed by atoms with van der Waals surface area (Å²) in [5, 5.41) is 0. The zero-order valence-corrected chi connectivity index (χ0v) is 33.9. The van der Waals surface area contributed by atoms with Gasteiger partial charge in [-0.15, -0.1) is 0 Å². The predicted octanol–water partition coefficient (Wildman–Crippen LogP) is 13.2. The van der Waals surface area contributed by atoms with Crippen molar-refractivity contribution in [1.82, 2.24) is 0 Å². The van der Waals surface area contributed by atoms with E-state index < -0.39 is 0 Å². The fraction of sp³-hybridized carbons (Fsp3) is 0.957. The van der Waals surface area contributed by atoms with Gasteiger partial charge in [-0.05, 0) is 104 Å². The molecule has 9 atom stereocenters. The minimum Gasteiger partial charge on any atom is -0.379 e. The van der Waals surface area contributed by atoms with Gasteiger partial charge in [-0.3, -0.25) is 0 Å². The number of hydrogen-bond donors (Lipinski definition) is 1. The van der Waals surface area contributed by atoms with E-state index in [4.69, 9.17) is 15.2 Å². The van der Waals surface area contributed by atoms with Gasteiger partial charge in [-0.1, -0.05) is 156 Å². The molecule has 3 nitrogen and oxygen atoms in total. The number of ether oxygens (including phenoxy) is 2. The molecule has 3 saturated carbocycles. The van der Waals surface area contributed by atoms with E-state index in [0.29, 0.717) is 30.1 Å². The van der Waals surface area contributed by atoms with E-state index >= 15 is 0 Å². The third-order valence-electron chi connectivity index (χ3n) is 14.9. The molecule has 0 radical (unpaired) electrons. The molecule has 1 unspecified atom stereocenters. The molecule has 4 rings (SSSR count).